The molecule has 1 saturated heterocycles. The van der Waals surface area contributed by atoms with E-state index in [2.05, 4.69) is 5.32 Å². The lowest BCUT2D eigenvalue weighted by Gasteiger charge is -2.25. The maximum atomic E-state index is 12.3. The molecule has 0 aromatic carbocycles. The lowest BCUT2D eigenvalue weighted by molar-refractivity contribution is -0.132. The van der Waals surface area contributed by atoms with Crippen molar-refractivity contribution in [1.82, 2.24) is 10.2 Å². The van der Waals surface area contributed by atoms with Crippen LogP contribution < -0.4 is 5.32 Å². The molecule has 0 aromatic rings. The van der Waals surface area contributed by atoms with Crippen LogP contribution in [0.3, 0.4) is 0 Å². The van der Waals surface area contributed by atoms with Crippen molar-refractivity contribution < 1.29 is 13.2 Å². The number of hydrogen-bond donors (Lipinski definition) is 1. The number of nitrogens with one attached hydrogen (secondary N) is 1. The van der Waals surface area contributed by atoms with Crippen LogP contribution in [0.2, 0.25) is 0 Å². The zero-order chi connectivity index (χ0) is 14.1. The van der Waals surface area contributed by atoms with Gasteiger partial charge in [-0.2, -0.15) is 0 Å². The number of amides is 1. The van der Waals surface area contributed by atoms with Crippen molar-refractivity contribution in [2.45, 2.75) is 26.2 Å². The van der Waals surface area contributed by atoms with E-state index < -0.39 is 9.84 Å². The summed E-state index contributed by atoms with van der Waals surface area (Å²) in [6.45, 7) is 3.96. The van der Waals surface area contributed by atoms with Gasteiger partial charge in [0.05, 0.1) is 5.75 Å². The van der Waals surface area contributed by atoms with Crippen molar-refractivity contribution in [3.8, 4) is 0 Å². The van der Waals surface area contributed by atoms with Crippen LogP contribution in [0.25, 0.3) is 0 Å². The highest BCUT2D eigenvalue weighted by molar-refractivity contribution is 7.91. The van der Waals surface area contributed by atoms with Gasteiger partial charge in [-0.15, -0.1) is 0 Å². The molecule has 1 aliphatic carbocycles. The van der Waals surface area contributed by atoms with E-state index in [-0.39, 0.29) is 28.7 Å². The molecule has 1 N–H and O–H groups in total. The standard InChI is InChI=1S/C13H24N2O3S/c1-3-19(17,18)9-8-15(2)12(16)11-10-13(11)4-6-14-7-5-13/h11,14H,3-10H2,1-2H3/t11-/m0/s1. The summed E-state index contributed by atoms with van der Waals surface area (Å²) in [4.78, 5) is 13.9. The Morgan fingerprint density at radius 1 is 1.37 bits per heavy atom. The maximum absolute atomic E-state index is 12.3. The smallest absolute Gasteiger partial charge is 0.226 e. The van der Waals surface area contributed by atoms with Crippen molar-refractivity contribution in [2.24, 2.45) is 11.3 Å². The van der Waals surface area contributed by atoms with Crippen LogP contribution in [0, 0.1) is 11.3 Å². The fourth-order valence-corrected chi connectivity index (χ4v) is 3.81. The molecule has 1 aliphatic heterocycles. The van der Waals surface area contributed by atoms with Gasteiger partial charge in [0.2, 0.25) is 5.91 Å². The summed E-state index contributed by atoms with van der Waals surface area (Å²) in [5.41, 5.74) is 0.222. The maximum Gasteiger partial charge on any atom is 0.226 e. The molecule has 2 rings (SSSR count). The number of carbonyl (C=O) groups is 1. The number of piperidine rings is 1. The predicted molar refractivity (Wildman–Crippen MR) is 74.6 cm³/mol. The van der Waals surface area contributed by atoms with E-state index in [0.29, 0.717) is 6.54 Å². The van der Waals surface area contributed by atoms with Gasteiger partial charge in [-0.1, -0.05) is 6.92 Å². The minimum atomic E-state index is -2.99. The normalized spacial score (nSPS) is 25.3. The largest absolute Gasteiger partial charge is 0.344 e. The average Bonchev–Trinajstić information content (AvgIpc) is 3.09. The zero-order valence-electron chi connectivity index (χ0n) is 11.8. The van der Waals surface area contributed by atoms with Crippen LogP contribution in [-0.4, -0.2) is 57.4 Å². The molecule has 19 heavy (non-hydrogen) atoms. The number of sulfone groups is 1. The van der Waals surface area contributed by atoms with Gasteiger partial charge < -0.3 is 10.2 Å². The monoisotopic (exact) mass is 288 g/mol. The lowest BCUT2D eigenvalue weighted by Crippen LogP contribution is -2.36. The molecular formula is C13H24N2O3S. The molecule has 0 radical (unpaired) electrons. The van der Waals surface area contributed by atoms with E-state index >= 15 is 0 Å². The van der Waals surface area contributed by atoms with Crippen LogP contribution >= 0.6 is 0 Å². The molecule has 5 nitrogen and oxygen atoms in total. The Balaban J connectivity index is 1.84. The van der Waals surface area contributed by atoms with Crippen LogP contribution in [0.5, 0.6) is 0 Å². The van der Waals surface area contributed by atoms with Gasteiger partial charge in [-0.05, 0) is 37.8 Å². The Morgan fingerprint density at radius 3 is 2.58 bits per heavy atom. The number of rotatable bonds is 5. The fourth-order valence-electron chi connectivity index (χ4n) is 2.97. The summed E-state index contributed by atoms with van der Waals surface area (Å²) in [6, 6.07) is 0. The molecule has 1 saturated carbocycles. The highest BCUT2D eigenvalue weighted by atomic mass is 32.2. The van der Waals surface area contributed by atoms with Crippen LogP contribution in [0.15, 0.2) is 0 Å². The number of carbonyl (C=O) groups excluding carboxylic acids is 1. The highest BCUT2D eigenvalue weighted by Gasteiger charge is 2.58. The van der Waals surface area contributed by atoms with Crippen molar-refractivity contribution >= 4 is 15.7 Å². The highest BCUT2D eigenvalue weighted by Crippen LogP contribution is 2.59. The second-order valence-electron chi connectivity index (χ2n) is 5.87. The zero-order valence-corrected chi connectivity index (χ0v) is 12.6. The third-order valence-corrected chi connectivity index (χ3v) is 6.33. The molecule has 2 fully saturated rings. The van der Waals surface area contributed by atoms with E-state index in [1.54, 1.807) is 18.9 Å². The molecule has 110 valence electrons. The topological polar surface area (TPSA) is 66.5 Å². The summed E-state index contributed by atoms with van der Waals surface area (Å²) in [7, 11) is -1.27. The molecular weight excluding hydrogens is 264 g/mol. The number of hydrogen-bond acceptors (Lipinski definition) is 4. The van der Waals surface area contributed by atoms with Crippen molar-refractivity contribution in [3.63, 3.8) is 0 Å². The quantitative estimate of drug-likeness (QED) is 0.788. The minimum absolute atomic E-state index is 0.0764. The first-order valence-electron chi connectivity index (χ1n) is 7.06. The SMILES string of the molecule is CCS(=O)(=O)CCN(C)C(=O)[C@@H]1CC12CCNCC2. The summed E-state index contributed by atoms with van der Waals surface area (Å²) >= 11 is 0. The molecule has 1 heterocycles. The van der Waals surface area contributed by atoms with Gasteiger partial charge in [0.25, 0.3) is 0 Å². The summed E-state index contributed by atoms with van der Waals surface area (Å²) < 4.78 is 22.9. The summed E-state index contributed by atoms with van der Waals surface area (Å²) in [6.07, 6.45) is 3.13. The molecule has 1 spiro atoms. The molecule has 1 atom stereocenters. The fraction of sp³-hybridized carbons (Fsp3) is 0.923. The van der Waals surface area contributed by atoms with E-state index in [0.717, 1.165) is 32.4 Å². The average molecular weight is 288 g/mol. The first-order chi connectivity index (χ1) is 8.90. The van der Waals surface area contributed by atoms with E-state index in [1.807, 2.05) is 0 Å². The van der Waals surface area contributed by atoms with E-state index in [9.17, 15) is 13.2 Å². The molecule has 2 aliphatic rings. The van der Waals surface area contributed by atoms with E-state index in [4.69, 9.17) is 0 Å². The Labute approximate surface area is 115 Å². The van der Waals surface area contributed by atoms with Crippen LogP contribution in [0.4, 0.5) is 0 Å². The minimum Gasteiger partial charge on any atom is -0.344 e. The second-order valence-corrected chi connectivity index (χ2v) is 8.34. The van der Waals surface area contributed by atoms with Gasteiger partial charge in [0, 0.05) is 25.3 Å². The first kappa shape index (κ1) is 14.8. The molecule has 0 unspecified atom stereocenters. The first-order valence-corrected chi connectivity index (χ1v) is 8.88. The van der Waals surface area contributed by atoms with Gasteiger partial charge in [0.15, 0.2) is 9.84 Å². The lowest BCUT2D eigenvalue weighted by atomic mass is 9.91. The van der Waals surface area contributed by atoms with Gasteiger partial charge in [-0.25, -0.2) is 8.42 Å². The molecule has 0 aromatic heterocycles. The molecule has 1 amide bonds. The van der Waals surface area contributed by atoms with Gasteiger partial charge in [0.1, 0.15) is 0 Å². The second kappa shape index (κ2) is 5.40. The van der Waals surface area contributed by atoms with E-state index in [1.165, 1.54) is 0 Å². The van der Waals surface area contributed by atoms with Crippen LogP contribution in [-0.2, 0) is 14.6 Å². The Kier molecular flexibility index (Phi) is 4.20. The molecule has 6 heteroatoms. The Morgan fingerprint density at radius 2 is 2.00 bits per heavy atom. The summed E-state index contributed by atoms with van der Waals surface area (Å²) in [5.74, 6) is 0.485. The predicted octanol–water partition coefficient (Wildman–Crippen LogP) is 0.269. The Bertz CT molecular complexity index is 441. The van der Waals surface area contributed by atoms with Gasteiger partial charge >= 0.3 is 0 Å². The van der Waals surface area contributed by atoms with Crippen molar-refractivity contribution in [2.75, 3.05) is 38.2 Å². The number of nitrogens with zero attached hydrogens (tertiary/aromatic N) is 1. The third-order valence-electron chi connectivity index (χ3n) is 4.64. The van der Waals surface area contributed by atoms with Crippen LogP contribution in [0.1, 0.15) is 26.2 Å². The van der Waals surface area contributed by atoms with Gasteiger partial charge in [-0.3, -0.25) is 4.79 Å². The third kappa shape index (κ3) is 3.28. The van der Waals surface area contributed by atoms with Crippen molar-refractivity contribution in [1.29, 1.82) is 0 Å². The molecule has 0 bridgehead atoms. The Hall–Kier alpha value is -0.620. The van der Waals surface area contributed by atoms with Crippen molar-refractivity contribution in [3.05, 3.63) is 0 Å². The summed E-state index contributed by atoms with van der Waals surface area (Å²) in [5, 5.41) is 3.32.